The number of fused-ring (bicyclic) bond motifs is 1. The van der Waals surface area contributed by atoms with E-state index in [9.17, 15) is 4.79 Å². The highest BCUT2D eigenvalue weighted by Gasteiger charge is 2.25. The van der Waals surface area contributed by atoms with Crippen LogP contribution >= 0.6 is 0 Å². The lowest BCUT2D eigenvalue weighted by molar-refractivity contribution is 0.0491. The van der Waals surface area contributed by atoms with E-state index in [1.54, 1.807) is 19.9 Å². The van der Waals surface area contributed by atoms with E-state index in [-0.39, 0.29) is 12.4 Å². The van der Waals surface area contributed by atoms with Crippen molar-refractivity contribution in [1.82, 2.24) is 0 Å². The molecule has 0 amide bonds. The largest absolute Gasteiger partial charge is 0.493 e. The molecule has 6 nitrogen and oxygen atoms in total. The molecule has 0 atom stereocenters. The Labute approximate surface area is 122 Å². The number of ether oxygens (including phenoxy) is 4. The molecule has 2 rings (SSSR count). The smallest absolute Gasteiger partial charge is 0.374 e. The predicted octanol–water partition coefficient (Wildman–Crippen LogP) is 2.94. The number of aryl methyl sites for hydroxylation is 1. The molecule has 0 aliphatic heterocycles. The van der Waals surface area contributed by atoms with Gasteiger partial charge >= 0.3 is 5.97 Å². The van der Waals surface area contributed by atoms with Crippen LogP contribution in [0, 0.1) is 6.92 Å². The summed E-state index contributed by atoms with van der Waals surface area (Å²) in [5, 5.41) is 0.665. The van der Waals surface area contributed by atoms with Crippen molar-refractivity contribution in [3.63, 3.8) is 0 Å². The lowest BCUT2D eigenvalue weighted by atomic mass is 10.1. The molecule has 1 aromatic carbocycles. The van der Waals surface area contributed by atoms with Gasteiger partial charge in [0.2, 0.25) is 11.5 Å². The number of esters is 1. The Kier molecular flexibility index (Phi) is 4.26. The molecule has 0 fully saturated rings. The summed E-state index contributed by atoms with van der Waals surface area (Å²) in [5.41, 5.74) is 1.12. The van der Waals surface area contributed by atoms with Crippen molar-refractivity contribution in [2.45, 2.75) is 13.8 Å². The lowest BCUT2D eigenvalue weighted by Gasteiger charge is -2.12. The zero-order valence-electron chi connectivity index (χ0n) is 12.7. The van der Waals surface area contributed by atoms with Gasteiger partial charge in [-0.05, 0) is 13.8 Å². The molecular formula is C15H18O6. The van der Waals surface area contributed by atoms with E-state index in [1.165, 1.54) is 21.3 Å². The Morgan fingerprint density at radius 2 is 1.81 bits per heavy atom. The summed E-state index contributed by atoms with van der Waals surface area (Å²) in [6.45, 7) is 3.79. The molecule has 0 unspecified atom stereocenters. The summed E-state index contributed by atoms with van der Waals surface area (Å²) in [6, 6.07) is 1.66. The van der Waals surface area contributed by atoms with Gasteiger partial charge in [0.1, 0.15) is 5.58 Å². The van der Waals surface area contributed by atoms with Gasteiger partial charge in [-0.25, -0.2) is 4.79 Å². The molecule has 114 valence electrons. The molecule has 6 heteroatoms. The van der Waals surface area contributed by atoms with Crippen molar-refractivity contribution >= 4 is 16.9 Å². The first kappa shape index (κ1) is 15.0. The number of hydrogen-bond donors (Lipinski definition) is 0. The highest BCUT2D eigenvalue weighted by atomic mass is 16.5. The summed E-state index contributed by atoms with van der Waals surface area (Å²) in [6.07, 6.45) is 0. The van der Waals surface area contributed by atoms with Gasteiger partial charge in [0.15, 0.2) is 11.5 Å². The van der Waals surface area contributed by atoms with Crippen LogP contribution in [0.15, 0.2) is 10.5 Å². The number of carbonyl (C=O) groups is 1. The van der Waals surface area contributed by atoms with Crippen LogP contribution in [-0.2, 0) is 4.74 Å². The fourth-order valence-electron chi connectivity index (χ4n) is 2.26. The Hall–Kier alpha value is -2.37. The Morgan fingerprint density at radius 3 is 2.33 bits per heavy atom. The van der Waals surface area contributed by atoms with E-state index in [2.05, 4.69) is 0 Å². The molecule has 0 bridgehead atoms. The van der Waals surface area contributed by atoms with Crippen LogP contribution in [0.25, 0.3) is 11.0 Å². The quantitative estimate of drug-likeness (QED) is 0.790. The summed E-state index contributed by atoms with van der Waals surface area (Å²) >= 11 is 0. The minimum atomic E-state index is -0.508. The normalized spacial score (nSPS) is 10.5. The van der Waals surface area contributed by atoms with E-state index < -0.39 is 5.97 Å². The Bertz CT molecular complexity index is 671. The van der Waals surface area contributed by atoms with Crippen molar-refractivity contribution in [1.29, 1.82) is 0 Å². The predicted molar refractivity (Wildman–Crippen MR) is 76.6 cm³/mol. The van der Waals surface area contributed by atoms with Gasteiger partial charge < -0.3 is 23.4 Å². The highest BCUT2D eigenvalue weighted by Crippen LogP contribution is 2.46. The van der Waals surface area contributed by atoms with Crippen LogP contribution in [0.1, 0.15) is 23.0 Å². The van der Waals surface area contributed by atoms with Crippen LogP contribution in [0.5, 0.6) is 17.2 Å². The summed E-state index contributed by atoms with van der Waals surface area (Å²) < 4.78 is 26.6. The van der Waals surface area contributed by atoms with Crippen LogP contribution in [0.4, 0.5) is 0 Å². The number of hydrogen-bond acceptors (Lipinski definition) is 6. The summed E-state index contributed by atoms with van der Waals surface area (Å²) in [5.74, 6) is 1.02. The van der Waals surface area contributed by atoms with E-state index in [0.29, 0.717) is 33.8 Å². The van der Waals surface area contributed by atoms with Gasteiger partial charge in [-0.15, -0.1) is 0 Å². The van der Waals surface area contributed by atoms with Crippen molar-refractivity contribution in [3.8, 4) is 17.2 Å². The highest BCUT2D eigenvalue weighted by molar-refractivity contribution is 6.00. The van der Waals surface area contributed by atoms with Crippen LogP contribution < -0.4 is 14.2 Å². The SMILES string of the molecule is CCOC(=O)c1oc2cc(OC)c(OC)c(OC)c2c1C. The molecule has 0 saturated heterocycles. The second kappa shape index (κ2) is 5.95. The number of furan rings is 1. The van der Waals surface area contributed by atoms with Gasteiger partial charge in [0.05, 0.1) is 33.3 Å². The van der Waals surface area contributed by atoms with Crippen molar-refractivity contribution in [2.24, 2.45) is 0 Å². The minimum absolute atomic E-state index is 0.153. The van der Waals surface area contributed by atoms with Crippen molar-refractivity contribution in [2.75, 3.05) is 27.9 Å². The third kappa shape index (κ3) is 2.37. The molecule has 0 saturated carbocycles. The maximum atomic E-state index is 11.9. The van der Waals surface area contributed by atoms with Gasteiger partial charge in [0.25, 0.3) is 0 Å². The number of benzene rings is 1. The minimum Gasteiger partial charge on any atom is -0.493 e. The van der Waals surface area contributed by atoms with E-state index >= 15 is 0 Å². The first-order chi connectivity index (χ1) is 10.1. The molecule has 1 heterocycles. The topological polar surface area (TPSA) is 67.1 Å². The third-order valence-corrected chi connectivity index (χ3v) is 3.18. The van der Waals surface area contributed by atoms with E-state index in [4.69, 9.17) is 23.4 Å². The number of rotatable bonds is 5. The van der Waals surface area contributed by atoms with E-state index in [1.807, 2.05) is 0 Å². The zero-order chi connectivity index (χ0) is 15.6. The van der Waals surface area contributed by atoms with Crippen LogP contribution in [-0.4, -0.2) is 33.9 Å². The van der Waals surface area contributed by atoms with Gasteiger partial charge in [-0.2, -0.15) is 0 Å². The van der Waals surface area contributed by atoms with Gasteiger partial charge in [0, 0.05) is 11.6 Å². The first-order valence-electron chi connectivity index (χ1n) is 6.48. The molecule has 0 aliphatic rings. The summed E-state index contributed by atoms with van der Waals surface area (Å²) in [7, 11) is 4.56. The van der Waals surface area contributed by atoms with Crippen molar-refractivity contribution < 1.29 is 28.2 Å². The Balaban J connectivity index is 2.76. The molecular weight excluding hydrogens is 276 g/mol. The first-order valence-corrected chi connectivity index (χ1v) is 6.48. The fraction of sp³-hybridized carbons (Fsp3) is 0.400. The fourth-order valence-corrected chi connectivity index (χ4v) is 2.26. The molecule has 0 spiro atoms. The number of methoxy groups -OCH3 is 3. The molecule has 21 heavy (non-hydrogen) atoms. The van der Waals surface area contributed by atoms with Gasteiger partial charge in [-0.3, -0.25) is 0 Å². The number of carbonyl (C=O) groups excluding carboxylic acids is 1. The molecule has 0 aliphatic carbocycles. The van der Waals surface area contributed by atoms with Crippen LogP contribution in [0.2, 0.25) is 0 Å². The second-order valence-corrected chi connectivity index (χ2v) is 4.30. The second-order valence-electron chi connectivity index (χ2n) is 4.30. The average molecular weight is 294 g/mol. The maximum Gasteiger partial charge on any atom is 0.374 e. The molecule has 0 radical (unpaired) electrons. The summed E-state index contributed by atoms with van der Waals surface area (Å²) in [4.78, 5) is 11.9. The van der Waals surface area contributed by atoms with Crippen LogP contribution in [0.3, 0.4) is 0 Å². The lowest BCUT2D eigenvalue weighted by Crippen LogP contribution is -2.04. The standard InChI is InChI=1S/C15H18O6/c1-6-20-15(16)12-8(2)11-9(21-12)7-10(17-3)13(18-4)14(11)19-5/h7H,6H2,1-5H3. The van der Waals surface area contributed by atoms with E-state index in [0.717, 1.165) is 0 Å². The third-order valence-electron chi connectivity index (χ3n) is 3.18. The maximum absolute atomic E-state index is 11.9. The van der Waals surface area contributed by atoms with Crippen molar-refractivity contribution in [3.05, 3.63) is 17.4 Å². The van der Waals surface area contributed by atoms with Gasteiger partial charge in [-0.1, -0.05) is 0 Å². The molecule has 1 aromatic heterocycles. The zero-order valence-corrected chi connectivity index (χ0v) is 12.7. The molecule has 0 N–H and O–H groups in total. The monoisotopic (exact) mass is 294 g/mol. The molecule has 2 aromatic rings. The average Bonchev–Trinajstić information content (AvgIpc) is 2.82. The Morgan fingerprint density at radius 1 is 1.14 bits per heavy atom.